The number of hydrogen-bond donors (Lipinski definition) is 0. The highest BCUT2D eigenvalue weighted by Gasteiger charge is 2.39. The minimum absolute atomic E-state index is 0.173. The molecule has 288 valence electrons. The molecule has 0 aliphatic carbocycles. The zero-order valence-corrected chi connectivity index (χ0v) is 32.5. The molecule has 1 amide bonds. The average molecular weight is 740 g/mol. The van der Waals surface area contributed by atoms with Gasteiger partial charge >= 0.3 is 18.1 Å². The molecule has 4 aliphatic heterocycles. The molecule has 0 spiro atoms. The van der Waals surface area contributed by atoms with Crippen LogP contribution in [0.3, 0.4) is 0 Å². The Morgan fingerprint density at radius 1 is 1.02 bits per heavy atom. The van der Waals surface area contributed by atoms with Crippen LogP contribution in [0, 0.1) is 16.7 Å². The van der Waals surface area contributed by atoms with Crippen LogP contribution in [-0.4, -0.2) is 108 Å². The predicted octanol–water partition coefficient (Wildman–Crippen LogP) is 5.73. The van der Waals surface area contributed by atoms with Crippen LogP contribution in [0.1, 0.15) is 72.1 Å². The van der Waals surface area contributed by atoms with Gasteiger partial charge in [-0.25, -0.2) is 4.79 Å². The first-order chi connectivity index (χ1) is 25.8. The van der Waals surface area contributed by atoms with Crippen LogP contribution >= 0.6 is 0 Å². The SMILES string of the molecule is CC(C)(C)OC(=O)N1CCN(c2nc(OCCCN3C[C@@H]4C[C@H]3CO4)nc3c2CCN(c2cc(OC(=O)C(C)(C)C)cc4ccccc24)C3)CC1CC#N. The van der Waals surface area contributed by atoms with Crippen molar-refractivity contribution in [2.75, 3.05) is 62.3 Å². The van der Waals surface area contributed by atoms with E-state index in [9.17, 15) is 14.9 Å². The van der Waals surface area contributed by atoms with E-state index in [2.05, 4.69) is 26.8 Å². The van der Waals surface area contributed by atoms with Gasteiger partial charge in [0.2, 0.25) is 0 Å². The Labute approximate surface area is 318 Å². The number of fused-ring (bicyclic) bond motifs is 4. The maximum Gasteiger partial charge on any atom is 0.410 e. The number of carbonyl (C=O) groups is 2. The quantitative estimate of drug-likeness (QED) is 0.151. The van der Waals surface area contributed by atoms with Crippen molar-refractivity contribution in [3.05, 3.63) is 47.7 Å². The van der Waals surface area contributed by atoms with Gasteiger partial charge in [-0.2, -0.15) is 15.2 Å². The first-order valence-corrected chi connectivity index (χ1v) is 19.3. The van der Waals surface area contributed by atoms with Crippen molar-refractivity contribution in [2.45, 2.75) is 97.6 Å². The minimum Gasteiger partial charge on any atom is -0.463 e. The maximum absolute atomic E-state index is 13.2. The number of likely N-dealkylation sites (tertiary alicyclic amines) is 1. The highest BCUT2D eigenvalue weighted by molar-refractivity contribution is 5.96. The molecule has 1 aromatic heterocycles. The molecule has 0 N–H and O–H groups in total. The molecule has 54 heavy (non-hydrogen) atoms. The van der Waals surface area contributed by atoms with Gasteiger partial charge in [-0.05, 0) is 72.3 Å². The van der Waals surface area contributed by atoms with Gasteiger partial charge in [0.1, 0.15) is 17.2 Å². The van der Waals surface area contributed by atoms with Gasteiger partial charge in [-0.1, -0.05) is 24.3 Å². The molecule has 1 unspecified atom stereocenters. The summed E-state index contributed by atoms with van der Waals surface area (Å²) in [7, 11) is 0. The van der Waals surface area contributed by atoms with Gasteiger partial charge in [0, 0.05) is 68.0 Å². The van der Waals surface area contributed by atoms with Gasteiger partial charge in [0.15, 0.2) is 0 Å². The summed E-state index contributed by atoms with van der Waals surface area (Å²) < 4.78 is 23.7. The molecular formula is C41H53N7O6. The first kappa shape index (κ1) is 37.6. The van der Waals surface area contributed by atoms with E-state index in [1.807, 2.05) is 71.9 Å². The number of piperazine rings is 1. The van der Waals surface area contributed by atoms with Gasteiger partial charge in [0.05, 0.1) is 55.5 Å². The summed E-state index contributed by atoms with van der Waals surface area (Å²) in [4.78, 5) is 44.8. The lowest BCUT2D eigenvalue weighted by atomic mass is 9.97. The number of morpholine rings is 1. The normalized spacial score (nSPS) is 21.6. The van der Waals surface area contributed by atoms with E-state index in [4.69, 9.17) is 28.9 Å². The van der Waals surface area contributed by atoms with E-state index < -0.39 is 17.1 Å². The van der Waals surface area contributed by atoms with Crippen molar-refractivity contribution in [2.24, 2.45) is 5.41 Å². The standard InChI is InChI=1S/C41H53N7O6/c1-40(2,3)37(49)53-30-20-27-10-7-8-11-32(27)35(22-30)46-16-13-33-34(25-46)43-38(51-19-9-15-45-24-31-21-29(45)26-52-31)44-36(33)47-17-18-48(28(23-47)12-14-42)39(50)54-41(4,5)6/h7-8,10-11,20,22,28-29,31H,9,12-13,15-19,21,23-26H2,1-6H3/t28?,29-,31-/m0/s1. The van der Waals surface area contributed by atoms with Crippen LogP contribution < -0.4 is 19.3 Å². The van der Waals surface area contributed by atoms with E-state index in [-0.39, 0.29) is 18.4 Å². The molecule has 0 radical (unpaired) electrons. The number of rotatable bonds is 9. The number of ether oxygens (including phenoxy) is 4. The van der Waals surface area contributed by atoms with Crippen LogP contribution in [0.5, 0.6) is 11.8 Å². The predicted molar refractivity (Wildman–Crippen MR) is 205 cm³/mol. The molecule has 3 aromatic rings. The molecule has 13 heteroatoms. The first-order valence-electron chi connectivity index (χ1n) is 19.3. The van der Waals surface area contributed by atoms with Crippen LogP contribution in [0.25, 0.3) is 10.8 Å². The van der Waals surface area contributed by atoms with Crippen molar-refractivity contribution in [3.8, 4) is 17.8 Å². The molecule has 2 bridgehead atoms. The molecular weight excluding hydrogens is 686 g/mol. The summed E-state index contributed by atoms with van der Waals surface area (Å²) in [5.41, 5.74) is 1.57. The Bertz CT molecular complexity index is 1920. The second-order valence-electron chi connectivity index (χ2n) is 16.9. The highest BCUT2D eigenvalue weighted by Crippen LogP contribution is 2.38. The Balaban J connectivity index is 1.17. The number of nitrogens with zero attached hydrogens (tertiary/aromatic N) is 7. The molecule has 4 aliphatic rings. The largest absolute Gasteiger partial charge is 0.463 e. The topological polar surface area (TPSA) is 134 Å². The van der Waals surface area contributed by atoms with Gasteiger partial charge in [-0.15, -0.1) is 0 Å². The minimum atomic E-state index is -0.646. The fourth-order valence-electron chi connectivity index (χ4n) is 7.84. The van der Waals surface area contributed by atoms with E-state index >= 15 is 0 Å². The van der Waals surface area contributed by atoms with Gasteiger partial charge in [0.25, 0.3) is 0 Å². The van der Waals surface area contributed by atoms with E-state index in [0.717, 1.165) is 66.1 Å². The van der Waals surface area contributed by atoms with Gasteiger partial charge in [-0.3, -0.25) is 9.69 Å². The molecule has 5 heterocycles. The summed E-state index contributed by atoms with van der Waals surface area (Å²) in [5, 5.41) is 11.8. The van der Waals surface area contributed by atoms with Crippen molar-refractivity contribution < 1.29 is 28.5 Å². The van der Waals surface area contributed by atoms with Gasteiger partial charge < -0.3 is 33.6 Å². The molecule has 3 atom stereocenters. The highest BCUT2D eigenvalue weighted by atomic mass is 16.6. The number of benzene rings is 2. The zero-order valence-electron chi connectivity index (χ0n) is 32.5. The fourth-order valence-corrected chi connectivity index (χ4v) is 7.84. The lowest BCUT2D eigenvalue weighted by Gasteiger charge is -2.42. The van der Waals surface area contributed by atoms with Crippen LogP contribution in [0.15, 0.2) is 36.4 Å². The average Bonchev–Trinajstić information content (AvgIpc) is 3.75. The van der Waals surface area contributed by atoms with Crippen LogP contribution in [-0.2, 0) is 27.2 Å². The molecule has 0 saturated carbocycles. The molecule has 3 saturated heterocycles. The summed E-state index contributed by atoms with van der Waals surface area (Å²) in [6, 6.07) is 14.7. The zero-order chi connectivity index (χ0) is 38.2. The lowest BCUT2D eigenvalue weighted by Crippen LogP contribution is -2.56. The number of anilines is 2. The number of nitriles is 1. The summed E-state index contributed by atoms with van der Waals surface area (Å²) in [5.74, 6) is 0.998. The Hall–Kier alpha value is -4.67. The smallest absolute Gasteiger partial charge is 0.410 e. The fraction of sp³-hybridized carbons (Fsp3) is 0.585. The molecule has 7 rings (SSSR count). The van der Waals surface area contributed by atoms with Crippen LogP contribution in [0.2, 0.25) is 0 Å². The number of aromatic nitrogens is 2. The summed E-state index contributed by atoms with van der Waals surface area (Å²) in [6.07, 6.45) is 2.74. The van der Waals surface area contributed by atoms with E-state index in [1.165, 1.54) is 0 Å². The van der Waals surface area contributed by atoms with E-state index in [0.29, 0.717) is 69.7 Å². The van der Waals surface area contributed by atoms with E-state index in [1.54, 1.807) is 4.90 Å². The second kappa shape index (κ2) is 15.2. The second-order valence-corrected chi connectivity index (χ2v) is 16.9. The molecule has 3 fully saturated rings. The van der Waals surface area contributed by atoms with Crippen molar-refractivity contribution in [3.63, 3.8) is 0 Å². The number of amides is 1. The third-order valence-electron chi connectivity index (χ3n) is 10.6. The Morgan fingerprint density at radius 2 is 1.83 bits per heavy atom. The van der Waals surface area contributed by atoms with Crippen molar-refractivity contribution in [1.29, 1.82) is 5.26 Å². The maximum atomic E-state index is 13.2. The number of carbonyl (C=O) groups excluding carboxylic acids is 2. The lowest BCUT2D eigenvalue weighted by molar-refractivity contribution is -0.142. The molecule has 13 nitrogen and oxygen atoms in total. The number of hydrogen-bond acceptors (Lipinski definition) is 12. The monoisotopic (exact) mass is 739 g/mol. The number of esters is 1. The third kappa shape index (κ3) is 8.35. The summed E-state index contributed by atoms with van der Waals surface area (Å²) >= 11 is 0. The van der Waals surface area contributed by atoms with Crippen LogP contribution in [0.4, 0.5) is 16.3 Å². The van der Waals surface area contributed by atoms with Crippen molar-refractivity contribution in [1.82, 2.24) is 19.8 Å². The van der Waals surface area contributed by atoms with Crippen molar-refractivity contribution >= 4 is 34.3 Å². The molecule has 2 aromatic carbocycles. The summed E-state index contributed by atoms with van der Waals surface area (Å²) in [6.45, 7) is 16.8. The Morgan fingerprint density at radius 3 is 2.56 bits per heavy atom. The Kier molecular flexibility index (Phi) is 10.6. The third-order valence-corrected chi connectivity index (χ3v) is 10.6.